The van der Waals surface area contributed by atoms with Crippen molar-refractivity contribution in [1.29, 1.82) is 0 Å². The molecule has 3 aromatic heterocycles. The summed E-state index contributed by atoms with van der Waals surface area (Å²) < 4.78 is 14.3. The smallest absolute Gasteiger partial charge is 0.267 e. The molecule has 9 nitrogen and oxygen atoms in total. The van der Waals surface area contributed by atoms with Crippen molar-refractivity contribution in [2.24, 2.45) is 0 Å². The molecule has 1 saturated heterocycles. The lowest BCUT2D eigenvalue weighted by atomic mass is 10.1. The molecule has 0 bridgehead atoms. The third kappa shape index (κ3) is 4.06. The molecule has 0 N–H and O–H groups in total. The lowest BCUT2D eigenvalue weighted by Crippen LogP contribution is -2.43. The summed E-state index contributed by atoms with van der Waals surface area (Å²) >= 11 is 0. The second-order valence-corrected chi connectivity index (χ2v) is 8.14. The van der Waals surface area contributed by atoms with E-state index in [1.54, 1.807) is 34.8 Å². The van der Waals surface area contributed by atoms with Crippen molar-refractivity contribution < 1.29 is 14.3 Å². The van der Waals surface area contributed by atoms with Crippen LogP contribution in [0.25, 0.3) is 22.6 Å². The first-order valence-corrected chi connectivity index (χ1v) is 11.2. The number of ether oxygens (including phenoxy) is 2. The first kappa shape index (κ1) is 21.8. The Morgan fingerprint density at radius 1 is 1.09 bits per heavy atom. The lowest BCUT2D eigenvalue weighted by molar-refractivity contribution is -0.137. The second-order valence-electron chi connectivity index (χ2n) is 8.14. The highest BCUT2D eigenvalue weighted by atomic mass is 16.5. The molecule has 1 fully saturated rings. The summed E-state index contributed by atoms with van der Waals surface area (Å²) in [5.74, 6) is 0.254. The van der Waals surface area contributed by atoms with Gasteiger partial charge in [0, 0.05) is 25.0 Å². The molecule has 0 radical (unpaired) electrons. The maximum atomic E-state index is 13.5. The number of carbonyl (C=O) groups is 1. The quantitative estimate of drug-likeness (QED) is 0.455. The van der Waals surface area contributed by atoms with Crippen LogP contribution in [0.4, 0.5) is 0 Å². The number of benzene rings is 1. The number of rotatable bonds is 5. The first-order chi connectivity index (χ1) is 16.5. The maximum Gasteiger partial charge on any atom is 0.267 e. The average Bonchev–Trinajstić information content (AvgIpc) is 3.24. The van der Waals surface area contributed by atoms with E-state index in [-0.39, 0.29) is 18.1 Å². The second kappa shape index (κ2) is 9.11. The number of nitrogens with zero attached hydrogens (tertiary/aromatic N) is 5. The lowest BCUT2D eigenvalue weighted by Gasteiger charge is -2.26. The van der Waals surface area contributed by atoms with Crippen molar-refractivity contribution >= 4 is 11.6 Å². The average molecular weight is 460 g/mol. The fourth-order valence-corrected chi connectivity index (χ4v) is 4.12. The van der Waals surface area contributed by atoms with Gasteiger partial charge in [-0.3, -0.25) is 14.0 Å². The molecule has 34 heavy (non-hydrogen) atoms. The number of fused-ring (bicyclic) bond motifs is 1. The molecule has 1 amide bonds. The topological polar surface area (TPSA) is 91.0 Å². The van der Waals surface area contributed by atoms with Crippen LogP contribution in [0, 0.1) is 13.8 Å². The standard InChI is InChI=1S/C25H25N5O4/c1-17-15-20(27-30(17)19-7-4-3-5-8-19)23-18(2)26-24-21(9-6-10-29(24)25(23)32)34-16-22(31)28-11-13-33-14-12-28/h3-10,15H,11-14,16H2,1-2H3. The van der Waals surface area contributed by atoms with Gasteiger partial charge in [0.05, 0.1) is 30.2 Å². The van der Waals surface area contributed by atoms with E-state index in [0.29, 0.717) is 54.7 Å². The normalized spacial score (nSPS) is 13.9. The maximum absolute atomic E-state index is 13.5. The zero-order valence-electron chi connectivity index (χ0n) is 19.1. The summed E-state index contributed by atoms with van der Waals surface area (Å²) in [4.78, 5) is 32.3. The Bertz CT molecular complexity index is 1400. The van der Waals surface area contributed by atoms with E-state index in [9.17, 15) is 9.59 Å². The minimum absolute atomic E-state index is 0.122. The van der Waals surface area contributed by atoms with Gasteiger partial charge in [-0.2, -0.15) is 5.10 Å². The van der Waals surface area contributed by atoms with E-state index < -0.39 is 0 Å². The van der Waals surface area contributed by atoms with E-state index in [1.165, 1.54) is 4.40 Å². The van der Waals surface area contributed by atoms with Crippen LogP contribution in [0.15, 0.2) is 59.5 Å². The number of pyridine rings is 1. The van der Waals surface area contributed by atoms with Gasteiger partial charge in [-0.1, -0.05) is 18.2 Å². The molecule has 1 aromatic carbocycles. The van der Waals surface area contributed by atoms with Gasteiger partial charge in [-0.25, -0.2) is 9.67 Å². The number of aryl methyl sites for hydroxylation is 2. The van der Waals surface area contributed by atoms with Gasteiger partial charge in [0.2, 0.25) is 0 Å². The molecule has 0 unspecified atom stereocenters. The summed E-state index contributed by atoms with van der Waals surface area (Å²) in [6.45, 7) is 5.75. The summed E-state index contributed by atoms with van der Waals surface area (Å²) in [5.41, 5.74) is 3.46. The molecular formula is C25H25N5O4. The van der Waals surface area contributed by atoms with Crippen molar-refractivity contribution in [3.8, 4) is 22.7 Å². The van der Waals surface area contributed by atoms with Crippen LogP contribution in [0.1, 0.15) is 11.4 Å². The molecular weight excluding hydrogens is 434 g/mol. The molecule has 0 aliphatic carbocycles. The predicted octanol–water partition coefficient (Wildman–Crippen LogP) is 2.40. The number of para-hydroxylation sites is 1. The highest BCUT2D eigenvalue weighted by Gasteiger charge is 2.20. The van der Waals surface area contributed by atoms with E-state index in [0.717, 1.165) is 11.4 Å². The Morgan fingerprint density at radius 3 is 2.62 bits per heavy atom. The van der Waals surface area contributed by atoms with Gasteiger partial charge in [-0.15, -0.1) is 0 Å². The number of hydrogen-bond acceptors (Lipinski definition) is 6. The summed E-state index contributed by atoms with van der Waals surface area (Å²) in [6, 6.07) is 15.1. The zero-order valence-corrected chi connectivity index (χ0v) is 19.1. The summed E-state index contributed by atoms with van der Waals surface area (Å²) in [6.07, 6.45) is 1.64. The third-order valence-electron chi connectivity index (χ3n) is 5.86. The van der Waals surface area contributed by atoms with Gasteiger partial charge >= 0.3 is 0 Å². The third-order valence-corrected chi connectivity index (χ3v) is 5.86. The molecule has 0 spiro atoms. The van der Waals surface area contributed by atoms with Crippen molar-refractivity contribution in [2.45, 2.75) is 13.8 Å². The van der Waals surface area contributed by atoms with Gasteiger partial charge in [-0.05, 0) is 44.2 Å². The summed E-state index contributed by atoms with van der Waals surface area (Å²) in [7, 11) is 0. The molecule has 4 heterocycles. The molecule has 0 saturated carbocycles. The molecule has 9 heteroatoms. The van der Waals surface area contributed by atoms with Crippen molar-refractivity contribution in [2.75, 3.05) is 32.9 Å². The van der Waals surface area contributed by atoms with Crippen molar-refractivity contribution in [3.05, 3.63) is 76.5 Å². The number of amides is 1. The van der Waals surface area contributed by atoms with Crippen LogP contribution >= 0.6 is 0 Å². The Balaban J connectivity index is 1.48. The van der Waals surface area contributed by atoms with Crippen LogP contribution < -0.4 is 10.3 Å². The van der Waals surface area contributed by atoms with Crippen LogP contribution in [0.2, 0.25) is 0 Å². The van der Waals surface area contributed by atoms with E-state index in [1.807, 2.05) is 43.3 Å². The zero-order chi connectivity index (χ0) is 23.7. The molecule has 4 aromatic rings. The van der Waals surface area contributed by atoms with Crippen LogP contribution in [0.3, 0.4) is 0 Å². The molecule has 0 atom stereocenters. The van der Waals surface area contributed by atoms with Crippen LogP contribution in [-0.4, -0.2) is 62.9 Å². The van der Waals surface area contributed by atoms with E-state index >= 15 is 0 Å². The van der Waals surface area contributed by atoms with Gasteiger partial charge in [0.25, 0.3) is 11.5 Å². The first-order valence-electron chi connectivity index (χ1n) is 11.2. The van der Waals surface area contributed by atoms with Gasteiger partial charge in [0.1, 0.15) is 5.69 Å². The molecule has 5 rings (SSSR count). The number of morpholine rings is 1. The minimum atomic E-state index is -0.245. The largest absolute Gasteiger partial charge is 0.480 e. The number of hydrogen-bond donors (Lipinski definition) is 0. The Morgan fingerprint density at radius 2 is 1.85 bits per heavy atom. The number of carbonyl (C=O) groups excluding carboxylic acids is 1. The SMILES string of the molecule is Cc1nc2c(OCC(=O)N3CCOCC3)cccn2c(=O)c1-c1cc(C)n(-c2ccccc2)n1. The highest BCUT2D eigenvalue weighted by molar-refractivity contribution is 5.78. The van der Waals surface area contributed by atoms with Crippen LogP contribution in [-0.2, 0) is 9.53 Å². The monoisotopic (exact) mass is 459 g/mol. The molecule has 174 valence electrons. The molecule has 1 aliphatic heterocycles. The Kier molecular flexibility index (Phi) is 5.85. The fraction of sp³-hybridized carbons (Fsp3) is 0.280. The fourth-order valence-electron chi connectivity index (χ4n) is 4.12. The predicted molar refractivity (Wildman–Crippen MR) is 126 cm³/mol. The Hall–Kier alpha value is -3.98. The van der Waals surface area contributed by atoms with Crippen molar-refractivity contribution in [1.82, 2.24) is 24.1 Å². The highest BCUT2D eigenvalue weighted by Crippen LogP contribution is 2.24. The van der Waals surface area contributed by atoms with E-state index in [2.05, 4.69) is 10.1 Å². The minimum Gasteiger partial charge on any atom is -0.480 e. The summed E-state index contributed by atoms with van der Waals surface area (Å²) in [5, 5.41) is 4.68. The van der Waals surface area contributed by atoms with Gasteiger partial charge < -0.3 is 14.4 Å². The van der Waals surface area contributed by atoms with Crippen LogP contribution in [0.5, 0.6) is 5.75 Å². The van der Waals surface area contributed by atoms with E-state index in [4.69, 9.17) is 9.47 Å². The number of aromatic nitrogens is 4. The molecule has 1 aliphatic rings. The van der Waals surface area contributed by atoms with Gasteiger partial charge in [0.15, 0.2) is 18.0 Å². The van der Waals surface area contributed by atoms with Crippen molar-refractivity contribution in [3.63, 3.8) is 0 Å². The Labute approximate surface area is 196 Å².